The van der Waals surface area contributed by atoms with Gasteiger partial charge < -0.3 is 15.5 Å². The molecule has 2 N–H and O–H groups in total. The van der Waals surface area contributed by atoms with Crippen LogP contribution in [-0.2, 0) is 11.2 Å². The summed E-state index contributed by atoms with van der Waals surface area (Å²) in [6, 6.07) is 8.15. The molecule has 1 aliphatic rings. The number of nitrogens with zero attached hydrogens (tertiary/aromatic N) is 1. The summed E-state index contributed by atoms with van der Waals surface area (Å²) < 4.78 is 0. The Labute approximate surface area is 138 Å². The van der Waals surface area contributed by atoms with Crippen molar-refractivity contribution in [3.63, 3.8) is 0 Å². The number of anilines is 1. The fourth-order valence-corrected chi connectivity index (χ4v) is 3.50. The third-order valence-corrected chi connectivity index (χ3v) is 4.37. The lowest BCUT2D eigenvalue weighted by Gasteiger charge is -2.44. The summed E-state index contributed by atoms with van der Waals surface area (Å²) in [5.74, 6) is -0.0309. The molecule has 0 unspecified atom stereocenters. The predicted octanol–water partition coefficient (Wildman–Crippen LogP) is 2.93. The summed E-state index contributed by atoms with van der Waals surface area (Å²) in [7, 11) is 0. The smallest absolute Gasteiger partial charge is 0.243 e. The molecular formula is C17H25N3OS. The van der Waals surface area contributed by atoms with Crippen LogP contribution in [0.2, 0.25) is 0 Å². The van der Waals surface area contributed by atoms with Crippen LogP contribution in [0.15, 0.2) is 24.3 Å². The Morgan fingerprint density at radius 2 is 2.14 bits per heavy atom. The van der Waals surface area contributed by atoms with Crippen molar-refractivity contribution in [2.75, 3.05) is 11.9 Å². The third kappa shape index (κ3) is 3.97. The molecule has 1 amide bonds. The van der Waals surface area contributed by atoms with E-state index in [0.29, 0.717) is 5.11 Å². The maximum absolute atomic E-state index is 12.4. The molecule has 4 nitrogen and oxygen atoms in total. The first kappa shape index (κ1) is 16.7. The molecule has 0 aliphatic carbocycles. The Kier molecular flexibility index (Phi) is 5.06. The molecule has 0 aromatic heterocycles. The van der Waals surface area contributed by atoms with Crippen LogP contribution in [-0.4, -0.2) is 34.0 Å². The molecule has 0 bridgehead atoms. The first-order valence-corrected chi connectivity index (χ1v) is 8.20. The summed E-state index contributed by atoms with van der Waals surface area (Å²) >= 11 is 5.42. The van der Waals surface area contributed by atoms with Gasteiger partial charge in [0, 0.05) is 17.3 Å². The van der Waals surface area contributed by atoms with Crippen molar-refractivity contribution in [3.05, 3.63) is 29.8 Å². The number of carbonyl (C=O) groups is 1. The molecule has 0 spiro atoms. The number of hydrogen-bond donors (Lipinski definition) is 2. The van der Waals surface area contributed by atoms with Crippen LogP contribution in [0.3, 0.4) is 0 Å². The second-order valence-electron chi connectivity index (χ2n) is 6.55. The minimum absolute atomic E-state index is 0.0156. The van der Waals surface area contributed by atoms with Crippen molar-refractivity contribution in [2.45, 2.75) is 52.1 Å². The highest BCUT2D eigenvalue weighted by Gasteiger charge is 2.33. The van der Waals surface area contributed by atoms with Gasteiger partial charge >= 0.3 is 0 Å². The van der Waals surface area contributed by atoms with Gasteiger partial charge in [0.1, 0.15) is 0 Å². The van der Waals surface area contributed by atoms with Gasteiger partial charge in [0.25, 0.3) is 0 Å². The molecule has 120 valence electrons. The van der Waals surface area contributed by atoms with Gasteiger partial charge in [-0.2, -0.15) is 0 Å². The zero-order chi connectivity index (χ0) is 16.3. The lowest BCUT2D eigenvalue weighted by molar-refractivity contribution is -0.117. The van der Waals surface area contributed by atoms with Crippen molar-refractivity contribution in [3.8, 4) is 0 Å². The van der Waals surface area contributed by atoms with Crippen molar-refractivity contribution < 1.29 is 4.79 Å². The lowest BCUT2D eigenvalue weighted by Crippen LogP contribution is -2.61. The molecule has 5 heteroatoms. The SMILES string of the molecule is CCc1ccccc1NC(=O)CN1C(=S)NC(C)(C)C[C@@H]1C. The number of amides is 1. The number of benzene rings is 1. The molecule has 1 fully saturated rings. The minimum Gasteiger partial charge on any atom is -0.358 e. The Morgan fingerprint density at radius 3 is 2.77 bits per heavy atom. The van der Waals surface area contributed by atoms with Crippen molar-refractivity contribution in [1.29, 1.82) is 0 Å². The van der Waals surface area contributed by atoms with Crippen LogP contribution in [0.1, 0.15) is 39.7 Å². The summed E-state index contributed by atoms with van der Waals surface area (Å²) in [5.41, 5.74) is 2.02. The molecule has 1 aliphatic heterocycles. The maximum atomic E-state index is 12.4. The average molecular weight is 319 g/mol. The second kappa shape index (κ2) is 6.65. The fraction of sp³-hybridized carbons (Fsp3) is 0.529. The van der Waals surface area contributed by atoms with E-state index in [1.807, 2.05) is 29.2 Å². The van der Waals surface area contributed by atoms with Crippen LogP contribution in [0.5, 0.6) is 0 Å². The van der Waals surface area contributed by atoms with Gasteiger partial charge in [-0.3, -0.25) is 4.79 Å². The molecule has 1 saturated heterocycles. The van der Waals surface area contributed by atoms with E-state index in [1.165, 1.54) is 0 Å². The van der Waals surface area contributed by atoms with Crippen molar-refractivity contribution >= 4 is 28.9 Å². The Hall–Kier alpha value is -1.62. The topological polar surface area (TPSA) is 44.4 Å². The monoisotopic (exact) mass is 319 g/mol. The maximum Gasteiger partial charge on any atom is 0.243 e. The normalized spacial score (nSPS) is 20.5. The molecule has 1 aromatic rings. The van der Waals surface area contributed by atoms with E-state index in [4.69, 9.17) is 12.2 Å². The van der Waals surface area contributed by atoms with Gasteiger partial charge in [-0.05, 0) is 57.5 Å². The van der Waals surface area contributed by atoms with Gasteiger partial charge in [-0.25, -0.2) is 0 Å². The van der Waals surface area contributed by atoms with Gasteiger partial charge in [0.15, 0.2) is 5.11 Å². The summed E-state index contributed by atoms with van der Waals surface area (Å²) in [5, 5.41) is 6.96. The van der Waals surface area contributed by atoms with Crippen LogP contribution in [0.25, 0.3) is 0 Å². The molecule has 0 radical (unpaired) electrons. The van der Waals surface area contributed by atoms with E-state index in [-0.39, 0.29) is 24.0 Å². The first-order valence-electron chi connectivity index (χ1n) is 7.79. The number of thiocarbonyl (C=S) groups is 1. The highest BCUT2D eigenvalue weighted by molar-refractivity contribution is 7.80. The molecule has 2 rings (SSSR count). The van der Waals surface area contributed by atoms with E-state index < -0.39 is 0 Å². The number of carbonyl (C=O) groups excluding carboxylic acids is 1. The molecule has 1 heterocycles. The number of para-hydroxylation sites is 1. The van der Waals surface area contributed by atoms with E-state index >= 15 is 0 Å². The van der Waals surface area contributed by atoms with Crippen LogP contribution in [0.4, 0.5) is 5.69 Å². The number of hydrogen-bond acceptors (Lipinski definition) is 2. The Bertz CT molecular complexity index is 571. The van der Waals surface area contributed by atoms with Crippen LogP contribution in [0, 0.1) is 0 Å². The van der Waals surface area contributed by atoms with Crippen molar-refractivity contribution in [1.82, 2.24) is 10.2 Å². The zero-order valence-electron chi connectivity index (χ0n) is 13.8. The standard InChI is InChI=1S/C17H25N3OS/c1-5-13-8-6-7-9-14(13)18-15(21)11-20-12(2)10-17(3,4)19-16(20)22/h6-9,12H,5,10-11H2,1-4H3,(H,18,21)(H,19,22)/t12-/m0/s1. The quantitative estimate of drug-likeness (QED) is 0.838. The highest BCUT2D eigenvalue weighted by Crippen LogP contribution is 2.22. The summed E-state index contributed by atoms with van der Waals surface area (Å²) in [4.78, 5) is 14.3. The Morgan fingerprint density at radius 1 is 1.45 bits per heavy atom. The highest BCUT2D eigenvalue weighted by atomic mass is 32.1. The van der Waals surface area contributed by atoms with Gasteiger partial charge in [0.05, 0.1) is 6.54 Å². The Balaban J connectivity index is 2.01. The molecule has 0 saturated carbocycles. The fourth-order valence-electron chi connectivity index (χ4n) is 2.98. The minimum atomic E-state index is -0.0309. The molecular weight excluding hydrogens is 294 g/mol. The molecule has 1 atom stereocenters. The summed E-state index contributed by atoms with van der Waals surface area (Å²) in [6.45, 7) is 8.73. The predicted molar refractivity (Wildman–Crippen MR) is 95.0 cm³/mol. The number of rotatable bonds is 4. The van der Waals surface area contributed by atoms with Gasteiger partial charge in [-0.1, -0.05) is 25.1 Å². The summed E-state index contributed by atoms with van der Waals surface area (Å²) in [6.07, 6.45) is 1.84. The zero-order valence-corrected chi connectivity index (χ0v) is 14.6. The largest absolute Gasteiger partial charge is 0.358 e. The van der Waals surface area contributed by atoms with E-state index in [2.05, 4.69) is 38.3 Å². The first-order chi connectivity index (χ1) is 10.3. The molecule has 1 aromatic carbocycles. The van der Waals surface area contributed by atoms with Gasteiger partial charge in [-0.15, -0.1) is 0 Å². The van der Waals surface area contributed by atoms with Crippen LogP contribution < -0.4 is 10.6 Å². The lowest BCUT2D eigenvalue weighted by atomic mass is 9.93. The number of aryl methyl sites for hydroxylation is 1. The van der Waals surface area contributed by atoms with Crippen molar-refractivity contribution in [2.24, 2.45) is 0 Å². The average Bonchev–Trinajstić information content (AvgIpc) is 2.42. The number of nitrogens with one attached hydrogen (secondary N) is 2. The van der Waals surface area contributed by atoms with E-state index in [0.717, 1.165) is 24.1 Å². The third-order valence-electron chi connectivity index (χ3n) is 4.03. The van der Waals surface area contributed by atoms with Gasteiger partial charge in [0.2, 0.25) is 5.91 Å². The van der Waals surface area contributed by atoms with Crippen LogP contribution >= 0.6 is 12.2 Å². The molecule has 22 heavy (non-hydrogen) atoms. The van der Waals surface area contributed by atoms with E-state index in [1.54, 1.807) is 0 Å². The van der Waals surface area contributed by atoms with E-state index in [9.17, 15) is 4.79 Å². The second-order valence-corrected chi connectivity index (χ2v) is 6.94.